The fourth-order valence-electron chi connectivity index (χ4n) is 2.04. The number of halogens is 1. The zero-order valence-electron chi connectivity index (χ0n) is 10.5. The summed E-state index contributed by atoms with van der Waals surface area (Å²) in [5.41, 5.74) is -0.245. The molecule has 2 aromatic rings. The number of sulfonamides is 1. The predicted octanol–water partition coefficient (Wildman–Crippen LogP) is 3.43. The lowest BCUT2D eigenvalue weighted by atomic mass is 10.1. The van der Waals surface area contributed by atoms with Gasteiger partial charge in [-0.1, -0.05) is 28.1 Å². The number of hydrogen-bond acceptors (Lipinski definition) is 2. The highest BCUT2D eigenvalue weighted by molar-refractivity contribution is 9.10. The molecule has 1 N–H and O–H groups in total. The van der Waals surface area contributed by atoms with Gasteiger partial charge in [0.15, 0.2) is 0 Å². The largest absolute Gasteiger partial charge is 0.241 e. The van der Waals surface area contributed by atoms with Gasteiger partial charge in [0, 0.05) is 10.0 Å². The van der Waals surface area contributed by atoms with Crippen LogP contribution < -0.4 is 4.72 Å². The highest BCUT2D eigenvalue weighted by Crippen LogP contribution is 2.36. The molecule has 1 aliphatic rings. The van der Waals surface area contributed by atoms with Crippen LogP contribution in [-0.2, 0) is 10.0 Å². The van der Waals surface area contributed by atoms with E-state index in [0.29, 0.717) is 4.90 Å². The predicted molar refractivity (Wildman–Crippen MR) is 79.6 cm³/mol. The van der Waals surface area contributed by atoms with Crippen molar-refractivity contribution in [3.05, 3.63) is 40.9 Å². The molecule has 19 heavy (non-hydrogen) atoms. The molecule has 1 saturated carbocycles. The van der Waals surface area contributed by atoms with Gasteiger partial charge in [0.25, 0.3) is 0 Å². The lowest BCUT2D eigenvalue weighted by molar-refractivity contribution is 0.558. The van der Waals surface area contributed by atoms with E-state index in [0.717, 1.165) is 28.1 Å². The van der Waals surface area contributed by atoms with E-state index in [4.69, 9.17) is 0 Å². The first-order chi connectivity index (χ1) is 8.88. The number of rotatable bonds is 3. The van der Waals surface area contributed by atoms with E-state index in [1.807, 2.05) is 31.2 Å². The van der Waals surface area contributed by atoms with Crippen LogP contribution in [0.1, 0.15) is 19.8 Å². The van der Waals surface area contributed by atoms with E-state index < -0.39 is 10.0 Å². The molecule has 0 atom stereocenters. The Morgan fingerprint density at radius 3 is 2.47 bits per heavy atom. The molecule has 0 bridgehead atoms. The Kier molecular flexibility index (Phi) is 2.96. The van der Waals surface area contributed by atoms with Crippen LogP contribution >= 0.6 is 15.9 Å². The van der Waals surface area contributed by atoms with Gasteiger partial charge >= 0.3 is 0 Å². The van der Waals surface area contributed by atoms with Gasteiger partial charge in [-0.25, -0.2) is 13.1 Å². The van der Waals surface area contributed by atoms with Gasteiger partial charge in [0.1, 0.15) is 0 Å². The molecule has 1 aliphatic carbocycles. The Bertz CT molecular complexity index is 751. The second-order valence-corrected chi connectivity index (χ2v) is 7.92. The Labute approximate surface area is 121 Å². The molecule has 3 rings (SSSR count). The second-order valence-electron chi connectivity index (χ2n) is 5.32. The fourth-order valence-corrected chi connectivity index (χ4v) is 3.91. The molecule has 0 amide bonds. The SMILES string of the molecule is CC1(NS(=O)(=O)c2ccc3ccc(Br)cc3c2)CC1. The first kappa shape index (κ1) is 13.1. The molecule has 0 aromatic heterocycles. The molecule has 5 heteroatoms. The van der Waals surface area contributed by atoms with Crippen molar-refractivity contribution in [3.63, 3.8) is 0 Å². The van der Waals surface area contributed by atoms with Crippen molar-refractivity contribution in [3.8, 4) is 0 Å². The Balaban J connectivity index is 2.05. The lowest BCUT2D eigenvalue weighted by Gasteiger charge is -2.12. The summed E-state index contributed by atoms with van der Waals surface area (Å²) < 4.78 is 28.3. The van der Waals surface area contributed by atoms with E-state index in [1.54, 1.807) is 12.1 Å². The molecule has 2 aromatic carbocycles. The van der Waals surface area contributed by atoms with Crippen molar-refractivity contribution in [2.24, 2.45) is 0 Å². The van der Waals surface area contributed by atoms with Crippen LogP contribution in [-0.4, -0.2) is 14.0 Å². The maximum Gasteiger partial charge on any atom is 0.241 e. The highest BCUT2D eigenvalue weighted by Gasteiger charge is 2.41. The third-order valence-electron chi connectivity index (χ3n) is 3.46. The topological polar surface area (TPSA) is 46.2 Å². The van der Waals surface area contributed by atoms with E-state index in [-0.39, 0.29) is 5.54 Å². The summed E-state index contributed by atoms with van der Waals surface area (Å²) in [6.07, 6.45) is 1.82. The quantitative estimate of drug-likeness (QED) is 0.930. The lowest BCUT2D eigenvalue weighted by Crippen LogP contribution is -2.34. The minimum Gasteiger partial charge on any atom is -0.207 e. The van der Waals surface area contributed by atoms with Gasteiger partial charge in [-0.05, 0) is 54.8 Å². The van der Waals surface area contributed by atoms with Crippen LogP contribution in [0.4, 0.5) is 0 Å². The molecule has 0 unspecified atom stereocenters. The van der Waals surface area contributed by atoms with Crippen molar-refractivity contribution in [2.45, 2.75) is 30.2 Å². The summed E-state index contributed by atoms with van der Waals surface area (Å²) in [5, 5.41) is 1.94. The minimum atomic E-state index is -3.43. The van der Waals surface area contributed by atoms with Gasteiger partial charge < -0.3 is 0 Å². The maximum absolute atomic E-state index is 12.3. The minimum absolute atomic E-state index is 0.245. The van der Waals surface area contributed by atoms with Gasteiger partial charge in [-0.2, -0.15) is 0 Å². The van der Waals surface area contributed by atoms with Crippen LogP contribution in [0, 0.1) is 0 Å². The molecule has 0 spiro atoms. The smallest absolute Gasteiger partial charge is 0.207 e. The van der Waals surface area contributed by atoms with E-state index in [9.17, 15) is 8.42 Å². The van der Waals surface area contributed by atoms with E-state index in [2.05, 4.69) is 20.7 Å². The van der Waals surface area contributed by atoms with Crippen molar-refractivity contribution < 1.29 is 8.42 Å². The Morgan fingerprint density at radius 2 is 1.79 bits per heavy atom. The monoisotopic (exact) mass is 339 g/mol. The molecule has 3 nitrogen and oxygen atoms in total. The first-order valence-electron chi connectivity index (χ1n) is 6.11. The van der Waals surface area contributed by atoms with Crippen LogP contribution in [0.15, 0.2) is 45.8 Å². The average Bonchev–Trinajstić information content (AvgIpc) is 3.04. The second kappa shape index (κ2) is 4.30. The van der Waals surface area contributed by atoms with Gasteiger partial charge in [-0.3, -0.25) is 0 Å². The van der Waals surface area contributed by atoms with Crippen molar-refractivity contribution >= 4 is 36.7 Å². The van der Waals surface area contributed by atoms with E-state index >= 15 is 0 Å². The highest BCUT2D eigenvalue weighted by atomic mass is 79.9. The number of benzene rings is 2. The van der Waals surface area contributed by atoms with Crippen molar-refractivity contribution in [2.75, 3.05) is 0 Å². The van der Waals surface area contributed by atoms with Crippen molar-refractivity contribution in [1.82, 2.24) is 4.72 Å². The molecule has 1 fully saturated rings. The van der Waals surface area contributed by atoms with Gasteiger partial charge in [0.05, 0.1) is 4.90 Å². The zero-order valence-corrected chi connectivity index (χ0v) is 12.9. The summed E-state index contributed by atoms with van der Waals surface area (Å²) in [7, 11) is -3.43. The van der Waals surface area contributed by atoms with Crippen LogP contribution in [0.25, 0.3) is 10.8 Å². The number of nitrogens with one attached hydrogen (secondary N) is 1. The summed E-state index contributed by atoms with van der Waals surface area (Å²) in [4.78, 5) is 0.325. The third-order valence-corrected chi connectivity index (χ3v) is 5.59. The standard InChI is InChI=1S/C14H14BrNO2S/c1-14(6-7-14)16-19(17,18)13-5-3-10-2-4-12(15)8-11(10)9-13/h2-5,8-9,16H,6-7H2,1H3. The van der Waals surface area contributed by atoms with E-state index in [1.165, 1.54) is 0 Å². The van der Waals surface area contributed by atoms with Crippen LogP contribution in [0.3, 0.4) is 0 Å². The zero-order chi connectivity index (χ0) is 13.7. The van der Waals surface area contributed by atoms with Gasteiger partial charge in [0.2, 0.25) is 10.0 Å². The molecular weight excluding hydrogens is 326 g/mol. The van der Waals surface area contributed by atoms with Gasteiger partial charge in [-0.15, -0.1) is 0 Å². The summed E-state index contributed by atoms with van der Waals surface area (Å²) in [6.45, 7) is 1.93. The third kappa shape index (κ3) is 2.68. The molecule has 0 heterocycles. The normalized spacial score (nSPS) is 17.6. The molecular formula is C14H14BrNO2S. The molecule has 100 valence electrons. The Hall–Kier alpha value is -0.910. The summed E-state index contributed by atoms with van der Waals surface area (Å²) in [5.74, 6) is 0. The average molecular weight is 340 g/mol. The van der Waals surface area contributed by atoms with Crippen LogP contribution in [0.5, 0.6) is 0 Å². The Morgan fingerprint density at radius 1 is 1.11 bits per heavy atom. The molecule has 0 aliphatic heterocycles. The summed E-state index contributed by atoms with van der Waals surface area (Å²) in [6, 6.07) is 11.0. The first-order valence-corrected chi connectivity index (χ1v) is 8.39. The van der Waals surface area contributed by atoms with Crippen LogP contribution in [0.2, 0.25) is 0 Å². The number of fused-ring (bicyclic) bond motifs is 1. The van der Waals surface area contributed by atoms with Crippen molar-refractivity contribution in [1.29, 1.82) is 0 Å². The number of hydrogen-bond donors (Lipinski definition) is 1. The molecule has 0 radical (unpaired) electrons. The fraction of sp³-hybridized carbons (Fsp3) is 0.286. The molecule has 0 saturated heterocycles. The summed E-state index contributed by atoms with van der Waals surface area (Å²) >= 11 is 3.40. The maximum atomic E-state index is 12.3.